The maximum Gasteiger partial charge on any atom is 0.335 e. The van der Waals surface area contributed by atoms with Crippen LogP contribution in [0.4, 0.5) is 11.4 Å². The zero-order chi connectivity index (χ0) is 31.5. The summed E-state index contributed by atoms with van der Waals surface area (Å²) in [4.78, 5) is 51.2. The molecule has 0 spiro atoms. The second-order valence-corrected chi connectivity index (χ2v) is 10.8. The number of amides is 3. The number of thioether (sulfide) groups is 1. The molecule has 0 bridgehead atoms. The Morgan fingerprint density at radius 3 is 2.16 bits per heavy atom. The van der Waals surface area contributed by atoms with Gasteiger partial charge in [0.2, 0.25) is 5.91 Å². The Kier molecular flexibility index (Phi) is 10.9. The molecule has 4 aromatic carbocycles. The van der Waals surface area contributed by atoms with Gasteiger partial charge in [0.1, 0.15) is 11.4 Å². The fourth-order valence-electron chi connectivity index (χ4n) is 4.06. The van der Waals surface area contributed by atoms with Crippen LogP contribution in [-0.4, -0.2) is 41.2 Å². The number of benzene rings is 4. The van der Waals surface area contributed by atoms with E-state index in [9.17, 15) is 19.2 Å². The van der Waals surface area contributed by atoms with Crippen LogP contribution < -0.4 is 20.7 Å². The summed E-state index contributed by atoms with van der Waals surface area (Å²) in [7, 11) is 1.56. The quantitative estimate of drug-likeness (QED) is 0.109. The number of rotatable bonds is 12. The predicted octanol–water partition coefficient (Wildman–Crippen LogP) is 6.31. The largest absolute Gasteiger partial charge is 0.497 e. The first-order valence-corrected chi connectivity index (χ1v) is 14.6. The first-order chi connectivity index (χ1) is 21.2. The van der Waals surface area contributed by atoms with Gasteiger partial charge in [-0.1, -0.05) is 43.3 Å². The van der Waals surface area contributed by atoms with Crippen molar-refractivity contribution < 1.29 is 29.0 Å². The fourth-order valence-corrected chi connectivity index (χ4v) is 5.07. The van der Waals surface area contributed by atoms with Gasteiger partial charge in [0.05, 0.1) is 17.9 Å². The van der Waals surface area contributed by atoms with Gasteiger partial charge >= 0.3 is 5.97 Å². The molecule has 1 unspecified atom stereocenters. The van der Waals surface area contributed by atoms with Crippen molar-refractivity contribution >= 4 is 52.9 Å². The third-order valence-electron chi connectivity index (χ3n) is 6.39. The van der Waals surface area contributed by atoms with Crippen molar-refractivity contribution in [2.24, 2.45) is 0 Å². The summed E-state index contributed by atoms with van der Waals surface area (Å²) in [6.07, 6.45) is 2.11. The summed E-state index contributed by atoms with van der Waals surface area (Å²) in [5, 5.41) is 17.0. The second-order valence-electron chi connectivity index (χ2n) is 9.52. The van der Waals surface area contributed by atoms with Crippen LogP contribution in [0.5, 0.6) is 5.75 Å². The van der Waals surface area contributed by atoms with Crippen LogP contribution in [0.3, 0.4) is 0 Å². The average Bonchev–Trinajstić information content (AvgIpc) is 3.04. The van der Waals surface area contributed by atoms with E-state index in [1.54, 1.807) is 98.1 Å². The van der Waals surface area contributed by atoms with Gasteiger partial charge in [-0.05, 0) is 84.8 Å². The van der Waals surface area contributed by atoms with Gasteiger partial charge in [-0.3, -0.25) is 14.4 Å². The van der Waals surface area contributed by atoms with E-state index in [1.807, 2.05) is 13.0 Å². The molecular formula is C34H31N3O6S. The molecule has 0 aliphatic carbocycles. The Labute approximate surface area is 259 Å². The number of hydrogen-bond acceptors (Lipinski definition) is 6. The Morgan fingerprint density at radius 1 is 0.818 bits per heavy atom. The number of carboxylic acid groups (broad SMARTS) is 1. The minimum absolute atomic E-state index is 0.0433. The van der Waals surface area contributed by atoms with Crippen molar-refractivity contribution in [1.82, 2.24) is 5.32 Å². The number of nitrogens with one attached hydrogen (secondary N) is 3. The van der Waals surface area contributed by atoms with Crippen molar-refractivity contribution in [1.29, 1.82) is 0 Å². The van der Waals surface area contributed by atoms with E-state index in [0.29, 0.717) is 34.7 Å². The van der Waals surface area contributed by atoms with E-state index in [4.69, 9.17) is 9.84 Å². The summed E-state index contributed by atoms with van der Waals surface area (Å²) >= 11 is 1.33. The van der Waals surface area contributed by atoms with Crippen LogP contribution in [0.25, 0.3) is 6.08 Å². The van der Waals surface area contributed by atoms with Crippen molar-refractivity contribution in [3.63, 3.8) is 0 Å². The molecule has 3 amide bonds. The maximum atomic E-state index is 13.4. The van der Waals surface area contributed by atoms with Gasteiger partial charge in [-0.2, -0.15) is 0 Å². The van der Waals surface area contributed by atoms with Crippen LogP contribution in [0.2, 0.25) is 0 Å². The molecule has 224 valence electrons. The zero-order valence-corrected chi connectivity index (χ0v) is 24.9. The van der Waals surface area contributed by atoms with Gasteiger partial charge in [0.25, 0.3) is 11.8 Å². The summed E-state index contributed by atoms with van der Waals surface area (Å²) in [6, 6.07) is 28.7. The maximum absolute atomic E-state index is 13.4. The standard InChI is InChI=1S/C34H31N3O6S/c1-3-30(33(40)35-25-16-14-24(15-17-25)34(41)42)44-28-11-7-10-26(21-28)36-32(39)29(20-22-12-18-27(43-2)19-13-22)37-31(38)23-8-5-4-6-9-23/h4-21,30H,3H2,1-2H3,(H,35,40)(H,36,39)(H,37,38)(H,41,42)/b29-20+. The van der Waals surface area contributed by atoms with Gasteiger partial charge in [-0.25, -0.2) is 4.79 Å². The second kappa shape index (κ2) is 15.2. The molecule has 0 saturated heterocycles. The van der Waals surface area contributed by atoms with E-state index >= 15 is 0 Å². The van der Waals surface area contributed by atoms with Crippen LogP contribution >= 0.6 is 11.8 Å². The number of methoxy groups -OCH3 is 1. The fraction of sp³-hybridized carbons (Fsp3) is 0.118. The van der Waals surface area contributed by atoms with Gasteiger partial charge in [0, 0.05) is 21.8 Å². The third kappa shape index (κ3) is 8.83. The Morgan fingerprint density at radius 2 is 1.52 bits per heavy atom. The molecule has 4 rings (SSSR count). The van der Waals surface area contributed by atoms with Crippen LogP contribution in [0.15, 0.2) is 114 Å². The van der Waals surface area contributed by atoms with Gasteiger partial charge in [-0.15, -0.1) is 11.8 Å². The molecule has 0 aromatic heterocycles. The van der Waals surface area contributed by atoms with Crippen molar-refractivity contribution in [2.75, 3.05) is 17.7 Å². The molecule has 0 radical (unpaired) electrons. The molecule has 44 heavy (non-hydrogen) atoms. The molecule has 4 N–H and O–H groups in total. The molecule has 0 heterocycles. The summed E-state index contributed by atoms with van der Waals surface area (Å²) < 4.78 is 5.21. The monoisotopic (exact) mass is 609 g/mol. The van der Waals surface area contributed by atoms with Crippen LogP contribution in [-0.2, 0) is 9.59 Å². The van der Waals surface area contributed by atoms with E-state index in [2.05, 4.69) is 16.0 Å². The highest BCUT2D eigenvalue weighted by molar-refractivity contribution is 8.00. The Bertz CT molecular complexity index is 1650. The molecule has 0 fully saturated rings. The van der Waals surface area contributed by atoms with E-state index in [-0.39, 0.29) is 17.2 Å². The van der Waals surface area contributed by atoms with E-state index < -0.39 is 23.0 Å². The number of carbonyl (C=O) groups is 4. The number of hydrogen-bond donors (Lipinski definition) is 4. The van der Waals surface area contributed by atoms with Gasteiger partial charge < -0.3 is 25.8 Å². The van der Waals surface area contributed by atoms with Crippen LogP contribution in [0.1, 0.15) is 39.6 Å². The zero-order valence-electron chi connectivity index (χ0n) is 24.1. The van der Waals surface area contributed by atoms with Gasteiger partial charge in [0.15, 0.2) is 0 Å². The van der Waals surface area contributed by atoms with E-state index in [1.165, 1.54) is 23.9 Å². The highest BCUT2D eigenvalue weighted by atomic mass is 32.2. The molecule has 10 heteroatoms. The summed E-state index contributed by atoms with van der Waals surface area (Å²) in [5.74, 6) is -1.57. The Hall–Kier alpha value is -5.35. The highest BCUT2D eigenvalue weighted by Gasteiger charge is 2.20. The normalized spacial score (nSPS) is 11.6. The lowest BCUT2D eigenvalue weighted by Crippen LogP contribution is -2.30. The number of anilines is 2. The van der Waals surface area contributed by atoms with Crippen molar-refractivity contribution in [3.05, 3.63) is 126 Å². The third-order valence-corrected chi connectivity index (χ3v) is 7.75. The molecule has 0 aliphatic heterocycles. The van der Waals surface area contributed by atoms with Crippen molar-refractivity contribution in [3.8, 4) is 5.75 Å². The number of carbonyl (C=O) groups excluding carboxylic acids is 3. The Balaban J connectivity index is 1.48. The highest BCUT2D eigenvalue weighted by Crippen LogP contribution is 2.29. The molecule has 9 nitrogen and oxygen atoms in total. The molecule has 4 aromatic rings. The molecule has 0 saturated carbocycles. The number of carboxylic acids is 1. The average molecular weight is 610 g/mol. The number of aromatic carboxylic acids is 1. The predicted molar refractivity (Wildman–Crippen MR) is 172 cm³/mol. The SMILES string of the molecule is CCC(Sc1cccc(NC(=O)/C(=C\c2ccc(OC)cc2)NC(=O)c2ccccc2)c1)C(=O)Nc1ccc(C(=O)O)cc1. The summed E-state index contributed by atoms with van der Waals surface area (Å²) in [5.41, 5.74) is 2.23. The lowest BCUT2D eigenvalue weighted by atomic mass is 10.1. The van der Waals surface area contributed by atoms with Crippen LogP contribution in [0, 0.1) is 0 Å². The first kappa shape index (κ1) is 31.6. The topological polar surface area (TPSA) is 134 Å². The number of ether oxygens (including phenoxy) is 1. The summed E-state index contributed by atoms with van der Waals surface area (Å²) in [6.45, 7) is 1.89. The molecule has 0 aliphatic rings. The lowest BCUT2D eigenvalue weighted by Gasteiger charge is -2.16. The minimum atomic E-state index is -1.04. The van der Waals surface area contributed by atoms with E-state index in [0.717, 1.165) is 4.90 Å². The van der Waals surface area contributed by atoms with Crippen molar-refractivity contribution in [2.45, 2.75) is 23.5 Å². The first-order valence-electron chi connectivity index (χ1n) is 13.7. The molecular weight excluding hydrogens is 578 g/mol. The molecule has 1 atom stereocenters. The smallest absolute Gasteiger partial charge is 0.335 e. The lowest BCUT2D eigenvalue weighted by molar-refractivity contribution is -0.116. The minimum Gasteiger partial charge on any atom is -0.497 e.